The smallest absolute Gasteiger partial charge is 0.247 e. The molecule has 2 aromatic carbocycles. The number of sulfonamides is 1. The maximum Gasteiger partial charge on any atom is 0.247 e. The molecule has 2 rings (SSSR count). The Hall–Kier alpha value is -2.72. The van der Waals surface area contributed by atoms with Crippen molar-refractivity contribution < 1.29 is 31.5 Å². The van der Waals surface area contributed by atoms with Crippen molar-refractivity contribution in [1.29, 1.82) is 0 Å². The third kappa shape index (κ3) is 4.52. The van der Waals surface area contributed by atoms with Crippen molar-refractivity contribution in [2.24, 2.45) is 0 Å². The highest BCUT2D eigenvalue weighted by atomic mass is 32.2. The fraction of sp³-hybridized carbons (Fsp3) is 0.235. The zero-order valence-electron chi connectivity index (χ0n) is 14.8. The fourth-order valence-corrected chi connectivity index (χ4v) is 3.53. The summed E-state index contributed by atoms with van der Waals surface area (Å²) in [6, 6.07) is 7.27. The largest absolute Gasteiger partial charge is 0.497 e. The van der Waals surface area contributed by atoms with Gasteiger partial charge in [-0.25, -0.2) is 17.2 Å². The van der Waals surface area contributed by atoms with Gasteiger partial charge in [0.15, 0.2) is 0 Å². The van der Waals surface area contributed by atoms with Gasteiger partial charge in [0.2, 0.25) is 15.9 Å². The van der Waals surface area contributed by atoms with Gasteiger partial charge in [0, 0.05) is 13.1 Å². The van der Waals surface area contributed by atoms with Crippen LogP contribution in [0, 0.1) is 11.6 Å². The fourth-order valence-electron chi connectivity index (χ4n) is 2.24. The molecule has 1 amide bonds. The van der Waals surface area contributed by atoms with Crippen LogP contribution < -0.4 is 14.8 Å². The number of carbonyl (C=O) groups excluding carboxylic acids is 1. The van der Waals surface area contributed by atoms with Gasteiger partial charge in [-0.1, -0.05) is 6.07 Å². The Kier molecular flexibility index (Phi) is 6.34. The first-order valence-electron chi connectivity index (χ1n) is 7.63. The van der Waals surface area contributed by atoms with E-state index < -0.39 is 39.8 Å². The van der Waals surface area contributed by atoms with E-state index in [-0.39, 0.29) is 16.4 Å². The molecule has 0 bridgehead atoms. The Bertz CT molecular complexity index is 930. The third-order valence-corrected chi connectivity index (χ3v) is 5.48. The Balaban J connectivity index is 2.24. The van der Waals surface area contributed by atoms with Gasteiger partial charge < -0.3 is 14.8 Å². The van der Waals surface area contributed by atoms with Gasteiger partial charge in [-0.3, -0.25) is 4.79 Å². The Morgan fingerprint density at radius 3 is 2.30 bits per heavy atom. The Labute approximate surface area is 155 Å². The van der Waals surface area contributed by atoms with E-state index in [0.717, 1.165) is 29.6 Å². The maximum absolute atomic E-state index is 13.6. The van der Waals surface area contributed by atoms with Crippen molar-refractivity contribution in [2.45, 2.75) is 4.90 Å². The molecule has 0 radical (unpaired) electrons. The molecule has 0 aromatic heterocycles. The number of nitrogens with one attached hydrogen (secondary N) is 1. The molecule has 0 saturated carbocycles. The summed E-state index contributed by atoms with van der Waals surface area (Å²) in [5.74, 6) is -2.51. The van der Waals surface area contributed by atoms with Gasteiger partial charge in [-0.05, 0) is 24.3 Å². The van der Waals surface area contributed by atoms with E-state index >= 15 is 0 Å². The molecule has 0 spiro atoms. The van der Waals surface area contributed by atoms with Crippen molar-refractivity contribution in [3.63, 3.8) is 0 Å². The normalized spacial score (nSPS) is 11.3. The number of hydrogen-bond donors (Lipinski definition) is 1. The number of amides is 1. The van der Waals surface area contributed by atoms with Gasteiger partial charge in [0.25, 0.3) is 0 Å². The van der Waals surface area contributed by atoms with Crippen LogP contribution in [-0.2, 0) is 14.8 Å². The monoisotopic (exact) mass is 400 g/mol. The van der Waals surface area contributed by atoms with E-state index in [4.69, 9.17) is 9.47 Å². The molecule has 10 heteroatoms. The number of nitrogens with zero attached hydrogens (tertiary/aromatic N) is 1. The number of ether oxygens (including phenoxy) is 2. The summed E-state index contributed by atoms with van der Waals surface area (Å²) in [5.41, 5.74) is -0.646. The Morgan fingerprint density at radius 2 is 1.74 bits per heavy atom. The van der Waals surface area contributed by atoms with Crippen molar-refractivity contribution in [3.8, 4) is 11.5 Å². The summed E-state index contributed by atoms with van der Waals surface area (Å²) in [4.78, 5) is 11.9. The lowest BCUT2D eigenvalue weighted by atomic mass is 10.3. The van der Waals surface area contributed by atoms with Crippen LogP contribution in [-0.4, -0.2) is 46.4 Å². The van der Waals surface area contributed by atoms with Crippen LogP contribution in [0.4, 0.5) is 14.5 Å². The number of para-hydroxylation sites is 1. The predicted molar refractivity (Wildman–Crippen MR) is 94.3 cm³/mol. The van der Waals surface area contributed by atoms with Crippen molar-refractivity contribution in [2.75, 3.05) is 33.1 Å². The quantitative estimate of drug-likeness (QED) is 0.771. The number of anilines is 1. The first-order chi connectivity index (χ1) is 12.7. The van der Waals surface area contributed by atoms with Crippen LogP contribution in [0.25, 0.3) is 0 Å². The SMILES string of the molecule is COc1ccc(OC)c(S(=O)(=O)N(C)CC(=O)Nc2c(F)cccc2F)c1. The molecule has 7 nitrogen and oxygen atoms in total. The van der Waals surface area contributed by atoms with E-state index in [2.05, 4.69) is 0 Å². The molecule has 0 aliphatic rings. The van der Waals surface area contributed by atoms with Crippen LogP contribution in [0.3, 0.4) is 0 Å². The minimum absolute atomic E-state index is 0.0585. The van der Waals surface area contributed by atoms with Gasteiger partial charge in [0.1, 0.15) is 33.7 Å². The first kappa shape index (κ1) is 20.6. The predicted octanol–water partition coefficient (Wildman–Crippen LogP) is 2.24. The van der Waals surface area contributed by atoms with Gasteiger partial charge >= 0.3 is 0 Å². The molecule has 0 heterocycles. The maximum atomic E-state index is 13.6. The van der Waals surface area contributed by atoms with E-state index in [1.807, 2.05) is 5.32 Å². The van der Waals surface area contributed by atoms with Crippen LogP contribution in [0.2, 0.25) is 0 Å². The van der Waals surface area contributed by atoms with Crippen molar-refractivity contribution in [1.82, 2.24) is 4.31 Å². The average Bonchev–Trinajstić information content (AvgIpc) is 2.64. The second-order valence-electron chi connectivity index (χ2n) is 5.42. The number of likely N-dealkylation sites (N-methyl/N-ethyl adjacent to an activating group) is 1. The number of halogens is 2. The minimum Gasteiger partial charge on any atom is -0.497 e. The molecule has 0 fully saturated rings. The lowest BCUT2D eigenvalue weighted by Crippen LogP contribution is -2.35. The van der Waals surface area contributed by atoms with E-state index in [9.17, 15) is 22.0 Å². The Morgan fingerprint density at radius 1 is 1.11 bits per heavy atom. The molecule has 0 aliphatic heterocycles. The van der Waals surface area contributed by atoms with Crippen LogP contribution in [0.1, 0.15) is 0 Å². The summed E-state index contributed by atoms with van der Waals surface area (Å²) in [7, 11) is -0.310. The minimum atomic E-state index is -4.14. The number of benzene rings is 2. The lowest BCUT2D eigenvalue weighted by molar-refractivity contribution is -0.116. The molecule has 0 unspecified atom stereocenters. The van der Waals surface area contributed by atoms with Crippen LogP contribution in [0.15, 0.2) is 41.3 Å². The van der Waals surface area contributed by atoms with Crippen molar-refractivity contribution in [3.05, 3.63) is 48.0 Å². The molecular formula is C17H18F2N2O5S. The number of hydrogen-bond acceptors (Lipinski definition) is 5. The summed E-state index contributed by atoms with van der Waals surface area (Å²) in [6.07, 6.45) is 0. The third-order valence-electron chi connectivity index (χ3n) is 3.65. The second-order valence-corrected chi connectivity index (χ2v) is 7.44. The molecule has 27 heavy (non-hydrogen) atoms. The van der Waals surface area contributed by atoms with Gasteiger partial charge in [-0.15, -0.1) is 0 Å². The zero-order chi connectivity index (χ0) is 20.2. The molecule has 2 aromatic rings. The average molecular weight is 400 g/mol. The first-order valence-corrected chi connectivity index (χ1v) is 9.07. The van der Waals surface area contributed by atoms with E-state index in [1.165, 1.54) is 32.4 Å². The lowest BCUT2D eigenvalue weighted by Gasteiger charge is -2.19. The standard InChI is InChI=1S/C17H18F2N2O5S/c1-21(10-16(22)20-17-12(18)5-4-6-13(17)19)27(23,24)15-9-11(25-2)7-8-14(15)26-3/h4-9H,10H2,1-3H3,(H,20,22). The zero-order valence-corrected chi connectivity index (χ0v) is 15.6. The molecular weight excluding hydrogens is 382 g/mol. The van der Waals surface area contributed by atoms with E-state index in [0.29, 0.717) is 0 Å². The summed E-state index contributed by atoms with van der Waals surface area (Å²) < 4.78 is 63.6. The highest BCUT2D eigenvalue weighted by molar-refractivity contribution is 7.89. The highest BCUT2D eigenvalue weighted by Gasteiger charge is 2.27. The van der Waals surface area contributed by atoms with Crippen LogP contribution in [0.5, 0.6) is 11.5 Å². The molecule has 1 N–H and O–H groups in total. The van der Waals surface area contributed by atoms with E-state index in [1.54, 1.807) is 0 Å². The summed E-state index contributed by atoms with van der Waals surface area (Å²) in [5, 5.41) is 2.03. The number of rotatable bonds is 7. The summed E-state index contributed by atoms with van der Waals surface area (Å²) in [6.45, 7) is -0.670. The highest BCUT2D eigenvalue weighted by Crippen LogP contribution is 2.30. The van der Waals surface area contributed by atoms with Crippen molar-refractivity contribution >= 4 is 21.6 Å². The summed E-state index contributed by atoms with van der Waals surface area (Å²) >= 11 is 0. The second kappa shape index (κ2) is 8.31. The number of carbonyl (C=O) groups is 1. The van der Waals surface area contributed by atoms with Gasteiger partial charge in [-0.2, -0.15) is 4.31 Å². The number of methoxy groups -OCH3 is 2. The molecule has 0 saturated heterocycles. The molecule has 0 aliphatic carbocycles. The van der Waals surface area contributed by atoms with Crippen LogP contribution >= 0.6 is 0 Å². The molecule has 0 atom stereocenters. The molecule has 146 valence electrons. The topological polar surface area (TPSA) is 84.9 Å². The van der Waals surface area contributed by atoms with Gasteiger partial charge in [0.05, 0.1) is 20.8 Å².